The molecule has 1 atom stereocenters. The van der Waals surface area contributed by atoms with Crippen LogP contribution >= 0.6 is 11.8 Å². The number of nitro benzene ring substituents is 1. The van der Waals surface area contributed by atoms with Crippen LogP contribution in [0.1, 0.15) is 21.3 Å². The average Bonchev–Trinajstić information content (AvgIpc) is 3.25. The Morgan fingerprint density at radius 3 is 2.56 bits per heavy atom. The molecule has 0 aromatic heterocycles. The maximum absolute atomic E-state index is 12.8. The number of anilines is 2. The molecule has 2 aliphatic heterocycles. The number of ether oxygens (including phenoxy) is 2. The van der Waals surface area contributed by atoms with Crippen LogP contribution in [0.15, 0.2) is 66.7 Å². The second kappa shape index (κ2) is 9.06. The summed E-state index contributed by atoms with van der Waals surface area (Å²) < 4.78 is 11.3. The van der Waals surface area contributed by atoms with Crippen LogP contribution in [0.5, 0.6) is 11.5 Å². The number of rotatable bonds is 5. The summed E-state index contributed by atoms with van der Waals surface area (Å²) in [5.74, 6) is 1.19. The Hall–Kier alpha value is -4.05. The maximum atomic E-state index is 12.8. The summed E-state index contributed by atoms with van der Waals surface area (Å²) in [4.78, 5) is 37.4. The third kappa shape index (κ3) is 4.27. The summed E-state index contributed by atoms with van der Waals surface area (Å²) in [5, 5.41) is 13.4. The Labute approximate surface area is 198 Å². The Kier molecular flexibility index (Phi) is 5.81. The van der Waals surface area contributed by atoms with Crippen molar-refractivity contribution < 1.29 is 24.0 Å². The Balaban J connectivity index is 1.37. The van der Waals surface area contributed by atoms with E-state index < -0.39 is 4.92 Å². The first-order valence-electron chi connectivity index (χ1n) is 10.5. The summed E-state index contributed by atoms with van der Waals surface area (Å²) in [6.45, 7) is 0.949. The molecule has 1 N–H and O–H groups in total. The summed E-state index contributed by atoms with van der Waals surface area (Å²) in [6, 6.07) is 18.1. The molecule has 0 saturated carbocycles. The van der Waals surface area contributed by atoms with Gasteiger partial charge in [-0.15, -0.1) is 11.8 Å². The number of amides is 2. The fourth-order valence-electron chi connectivity index (χ4n) is 3.84. The predicted molar refractivity (Wildman–Crippen MR) is 128 cm³/mol. The molecule has 9 nitrogen and oxygen atoms in total. The van der Waals surface area contributed by atoms with E-state index in [1.165, 1.54) is 36.0 Å². The highest BCUT2D eigenvalue weighted by molar-refractivity contribution is 8.00. The van der Waals surface area contributed by atoms with Crippen LogP contribution in [-0.4, -0.2) is 35.7 Å². The van der Waals surface area contributed by atoms with Crippen LogP contribution in [0.3, 0.4) is 0 Å². The van der Waals surface area contributed by atoms with Crippen molar-refractivity contribution in [2.45, 2.75) is 5.37 Å². The molecular formula is C24H19N3O6S. The van der Waals surface area contributed by atoms with Gasteiger partial charge >= 0.3 is 0 Å². The standard InChI is InChI=1S/C24H19N3O6S/c28-22-14-34-24(26(22)19-8-9-20-21(13-19)33-11-10-32-20)16-2-1-3-17(12-16)25-23(29)15-4-6-18(7-5-15)27(30)31/h1-9,12-13,24H,10-11,14H2,(H,25,29). The van der Waals surface area contributed by atoms with Crippen molar-refractivity contribution in [3.05, 3.63) is 88.0 Å². The van der Waals surface area contributed by atoms with Crippen molar-refractivity contribution in [2.24, 2.45) is 0 Å². The van der Waals surface area contributed by atoms with Crippen molar-refractivity contribution in [2.75, 3.05) is 29.2 Å². The number of fused-ring (bicyclic) bond motifs is 1. The molecule has 34 heavy (non-hydrogen) atoms. The lowest BCUT2D eigenvalue weighted by Crippen LogP contribution is -2.28. The Bertz CT molecular complexity index is 1280. The van der Waals surface area contributed by atoms with Crippen molar-refractivity contribution in [3.8, 4) is 11.5 Å². The minimum atomic E-state index is -0.515. The first-order chi connectivity index (χ1) is 16.5. The third-order valence-electron chi connectivity index (χ3n) is 5.44. The number of benzene rings is 3. The maximum Gasteiger partial charge on any atom is 0.269 e. The van der Waals surface area contributed by atoms with Crippen molar-refractivity contribution >= 4 is 40.6 Å². The van der Waals surface area contributed by atoms with Crippen LogP contribution in [0.25, 0.3) is 0 Å². The third-order valence-corrected chi connectivity index (χ3v) is 6.65. The second-order valence-electron chi connectivity index (χ2n) is 7.64. The number of thioether (sulfide) groups is 1. The topological polar surface area (TPSA) is 111 Å². The van der Waals surface area contributed by atoms with Crippen LogP contribution in [0.4, 0.5) is 17.1 Å². The normalized spacial score (nSPS) is 16.9. The molecule has 0 aliphatic carbocycles. The van der Waals surface area contributed by atoms with Gasteiger partial charge in [-0.2, -0.15) is 0 Å². The number of carbonyl (C=O) groups excluding carboxylic acids is 2. The first kappa shape index (κ1) is 21.8. The smallest absolute Gasteiger partial charge is 0.269 e. The fourth-order valence-corrected chi connectivity index (χ4v) is 5.01. The fraction of sp³-hybridized carbons (Fsp3) is 0.167. The van der Waals surface area contributed by atoms with Crippen LogP contribution in [0.2, 0.25) is 0 Å². The van der Waals surface area contributed by atoms with E-state index in [1.807, 2.05) is 30.3 Å². The number of hydrogen-bond donors (Lipinski definition) is 1. The van der Waals surface area contributed by atoms with Gasteiger partial charge in [0.25, 0.3) is 11.6 Å². The van der Waals surface area contributed by atoms with Gasteiger partial charge in [-0.25, -0.2) is 0 Å². The zero-order valence-electron chi connectivity index (χ0n) is 17.8. The Morgan fingerprint density at radius 1 is 1.03 bits per heavy atom. The molecule has 2 amide bonds. The number of carbonyl (C=O) groups is 2. The lowest BCUT2D eigenvalue weighted by molar-refractivity contribution is -0.384. The molecule has 1 saturated heterocycles. The molecule has 3 aromatic carbocycles. The van der Waals surface area contributed by atoms with Crippen LogP contribution < -0.4 is 19.7 Å². The molecule has 3 aromatic rings. The molecule has 172 valence electrons. The van der Waals surface area contributed by atoms with Gasteiger partial charge in [0.15, 0.2) is 11.5 Å². The zero-order chi connectivity index (χ0) is 23.7. The van der Waals surface area contributed by atoms with Gasteiger partial charge < -0.3 is 14.8 Å². The van der Waals surface area contributed by atoms with E-state index >= 15 is 0 Å². The molecule has 2 heterocycles. The lowest BCUT2D eigenvalue weighted by atomic mass is 10.1. The average molecular weight is 477 g/mol. The van der Waals surface area contributed by atoms with Gasteiger partial charge in [0, 0.05) is 35.1 Å². The number of nitrogens with one attached hydrogen (secondary N) is 1. The van der Waals surface area contributed by atoms with E-state index in [0.717, 1.165) is 5.56 Å². The molecule has 10 heteroatoms. The molecule has 0 radical (unpaired) electrons. The summed E-state index contributed by atoms with van der Waals surface area (Å²) in [7, 11) is 0. The highest BCUT2D eigenvalue weighted by Gasteiger charge is 2.35. The van der Waals surface area contributed by atoms with Crippen molar-refractivity contribution in [1.82, 2.24) is 0 Å². The highest BCUT2D eigenvalue weighted by atomic mass is 32.2. The molecule has 2 aliphatic rings. The molecule has 0 spiro atoms. The number of non-ortho nitro benzene ring substituents is 1. The number of nitrogens with zero attached hydrogens (tertiary/aromatic N) is 2. The van der Waals surface area contributed by atoms with Gasteiger partial charge in [0.2, 0.25) is 5.91 Å². The minimum Gasteiger partial charge on any atom is -0.486 e. The van der Waals surface area contributed by atoms with Gasteiger partial charge in [-0.05, 0) is 42.0 Å². The van der Waals surface area contributed by atoms with Gasteiger partial charge in [-0.1, -0.05) is 12.1 Å². The van der Waals surface area contributed by atoms with E-state index in [-0.39, 0.29) is 22.9 Å². The largest absolute Gasteiger partial charge is 0.486 e. The zero-order valence-corrected chi connectivity index (χ0v) is 18.6. The number of nitro groups is 1. The van der Waals surface area contributed by atoms with E-state index in [9.17, 15) is 19.7 Å². The van der Waals surface area contributed by atoms with E-state index in [2.05, 4.69) is 5.32 Å². The predicted octanol–water partition coefficient (Wildman–Crippen LogP) is 4.40. The van der Waals surface area contributed by atoms with Crippen molar-refractivity contribution in [1.29, 1.82) is 0 Å². The quantitative estimate of drug-likeness (QED) is 0.428. The van der Waals surface area contributed by atoms with Gasteiger partial charge in [-0.3, -0.25) is 24.6 Å². The minimum absolute atomic E-state index is 0.0213. The summed E-state index contributed by atoms with van der Waals surface area (Å²) in [5.41, 5.74) is 2.35. The van der Waals surface area contributed by atoms with E-state index in [1.54, 1.807) is 17.0 Å². The Morgan fingerprint density at radius 2 is 1.79 bits per heavy atom. The molecule has 1 unspecified atom stereocenters. The van der Waals surface area contributed by atoms with Crippen molar-refractivity contribution in [3.63, 3.8) is 0 Å². The number of hydrogen-bond acceptors (Lipinski definition) is 7. The van der Waals surface area contributed by atoms with E-state index in [4.69, 9.17) is 9.47 Å². The second-order valence-corrected chi connectivity index (χ2v) is 8.71. The summed E-state index contributed by atoms with van der Waals surface area (Å²) in [6.07, 6.45) is 0. The molecular weight excluding hydrogens is 458 g/mol. The monoisotopic (exact) mass is 477 g/mol. The van der Waals surface area contributed by atoms with Crippen LogP contribution in [-0.2, 0) is 4.79 Å². The van der Waals surface area contributed by atoms with Gasteiger partial charge in [0.05, 0.1) is 10.7 Å². The summed E-state index contributed by atoms with van der Waals surface area (Å²) >= 11 is 1.50. The van der Waals surface area contributed by atoms with E-state index in [0.29, 0.717) is 47.4 Å². The molecule has 1 fully saturated rings. The SMILES string of the molecule is O=C(Nc1cccc(C2SCC(=O)N2c2ccc3c(c2)OCCO3)c1)c1ccc([N+](=O)[O-])cc1. The van der Waals surface area contributed by atoms with Gasteiger partial charge in [0.1, 0.15) is 18.6 Å². The first-order valence-corrected chi connectivity index (χ1v) is 11.5. The van der Waals surface area contributed by atoms with Crippen LogP contribution in [0, 0.1) is 10.1 Å². The molecule has 0 bridgehead atoms. The lowest BCUT2D eigenvalue weighted by Gasteiger charge is -2.26. The highest BCUT2D eigenvalue weighted by Crippen LogP contribution is 2.44. The molecule has 5 rings (SSSR count).